The van der Waals surface area contributed by atoms with Crippen LogP contribution >= 0.6 is 15.9 Å². The molecule has 0 unspecified atom stereocenters. The predicted octanol–water partition coefficient (Wildman–Crippen LogP) is 2.19. The Hall–Kier alpha value is -1.36. The number of hydrogen-bond donors (Lipinski definition) is 1. The maximum Gasteiger partial charge on any atom is 0.252 e. The van der Waals surface area contributed by atoms with Crippen LogP contribution in [0.15, 0.2) is 28.7 Å². The van der Waals surface area contributed by atoms with Gasteiger partial charge in [-0.2, -0.15) is 0 Å². The van der Waals surface area contributed by atoms with Gasteiger partial charge < -0.3 is 10.2 Å². The van der Waals surface area contributed by atoms with Gasteiger partial charge >= 0.3 is 0 Å². The van der Waals surface area contributed by atoms with E-state index in [0.29, 0.717) is 25.1 Å². The molecule has 0 radical (unpaired) electrons. The molecule has 1 aliphatic rings. The highest BCUT2D eigenvalue weighted by Gasteiger charge is 2.17. The molecule has 19 heavy (non-hydrogen) atoms. The summed E-state index contributed by atoms with van der Waals surface area (Å²) >= 11 is 3.35. The Morgan fingerprint density at radius 3 is 2.84 bits per heavy atom. The second-order valence-corrected chi connectivity index (χ2v) is 5.43. The summed E-state index contributed by atoms with van der Waals surface area (Å²) in [5, 5.41) is 2.84. The van der Waals surface area contributed by atoms with E-state index in [1.807, 2.05) is 23.1 Å². The van der Waals surface area contributed by atoms with E-state index in [-0.39, 0.29) is 11.8 Å². The Bertz CT molecular complexity index is 476. The zero-order chi connectivity index (χ0) is 13.7. The molecule has 1 fully saturated rings. The zero-order valence-corrected chi connectivity index (χ0v) is 12.3. The van der Waals surface area contributed by atoms with Crippen LogP contribution in [0.25, 0.3) is 0 Å². The average Bonchev–Trinajstić information content (AvgIpc) is 2.41. The summed E-state index contributed by atoms with van der Waals surface area (Å²) in [6.45, 7) is 1.89. The molecule has 0 aromatic heterocycles. The van der Waals surface area contributed by atoms with E-state index >= 15 is 0 Å². The van der Waals surface area contributed by atoms with Crippen LogP contribution in [0.2, 0.25) is 0 Å². The van der Waals surface area contributed by atoms with E-state index < -0.39 is 0 Å². The summed E-state index contributed by atoms with van der Waals surface area (Å²) in [7, 11) is 0. The minimum atomic E-state index is -0.114. The van der Waals surface area contributed by atoms with E-state index in [0.717, 1.165) is 23.9 Å². The summed E-state index contributed by atoms with van der Waals surface area (Å²) in [6.07, 6.45) is 2.68. The molecular weight excluding hydrogens is 308 g/mol. The molecule has 1 N–H and O–H groups in total. The SMILES string of the molecule is O=C(NCCN1CCCCC1=O)c1ccccc1Br. The van der Waals surface area contributed by atoms with Crippen LogP contribution in [0.4, 0.5) is 0 Å². The van der Waals surface area contributed by atoms with Crippen molar-refractivity contribution in [1.29, 1.82) is 0 Å². The lowest BCUT2D eigenvalue weighted by atomic mass is 10.1. The Kier molecular flexibility index (Phi) is 4.96. The first-order chi connectivity index (χ1) is 9.18. The molecule has 1 aromatic rings. The quantitative estimate of drug-likeness (QED) is 0.923. The lowest BCUT2D eigenvalue weighted by molar-refractivity contribution is -0.133. The van der Waals surface area contributed by atoms with Crippen molar-refractivity contribution in [1.82, 2.24) is 10.2 Å². The Balaban J connectivity index is 1.81. The van der Waals surface area contributed by atoms with E-state index in [9.17, 15) is 9.59 Å². The molecule has 2 rings (SSSR count). The summed E-state index contributed by atoms with van der Waals surface area (Å²) in [5.41, 5.74) is 0.618. The van der Waals surface area contributed by atoms with Gasteiger partial charge in [-0.05, 0) is 40.9 Å². The number of rotatable bonds is 4. The lowest BCUT2D eigenvalue weighted by Gasteiger charge is -2.26. The minimum Gasteiger partial charge on any atom is -0.350 e. The summed E-state index contributed by atoms with van der Waals surface area (Å²) in [6, 6.07) is 7.30. The van der Waals surface area contributed by atoms with Crippen molar-refractivity contribution in [2.45, 2.75) is 19.3 Å². The van der Waals surface area contributed by atoms with Crippen molar-refractivity contribution < 1.29 is 9.59 Å². The largest absolute Gasteiger partial charge is 0.350 e. The molecule has 0 saturated carbocycles. The molecule has 0 atom stereocenters. The molecule has 1 aliphatic heterocycles. The third-order valence-electron chi connectivity index (χ3n) is 3.21. The van der Waals surface area contributed by atoms with Crippen LogP contribution in [-0.2, 0) is 4.79 Å². The van der Waals surface area contributed by atoms with Crippen molar-refractivity contribution in [2.75, 3.05) is 19.6 Å². The van der Waals surface area contributed by atoms with Gasteiger partial charge in [0.05, 0.1) is 5.56 Å². The molecule has 1 heterocycles. The van der Waals surface area contributed by atoms with Crippen LogP contribution in [0.3, 0.4) is 0 Å². The number of nitrogens with one attached hydrogen (secondary N) is 1. The summed E-state index contributed by atoms with van der Waals surface area (Å²) < 4.78 is 0.779. The van der Waals surface area contributed by atoms with Gasteiger partial charge in [0, 0.05) is 30.5 Å². The van der Waals surface area contributed by atoms with Gasteiger partial charge in [-0.15, -0.1) is 0 Å². The van der Waals surface area contributed by atoms with E-state index in [2.05, 4.69) is 21.2 Å². The Morgan fingerprint density at radius 1 is 1.32 bits per heavy atom. The van der Waals surface area contributed by atoms with Gasteiger partial charge in [0.15, 0.2) is 0 Å². The van der Waals surface area contributed by atoms with Gasteiger partial charge in [0.25, 0.3) is 5.91 Å². The van der Waals surface area contributed by atoms with Crippen molar-refractivity contribution in [3.05, 3.63) is 34.3 Å². The molecular formula is C14H17BrN2O2. The van der Waals surface area contributed by atoms with Gasteiger partial charge in [0.2, 0.25) is 5.91 Å². The highest BCUT2D eigenvalue weighted by Crippen LogP contribution is 2.15. The summed E-state index contributed by atoms with van der Waals surface area (Å²) in [5.74, 6) is 0.0818. The fourth-order valence-electron chi connectivity index (χ4n) is 2.14. The topological polar surface area (TPSA) is 49.4 Å². The fraction of sp³-hybridized carbons (Fsp3) is 0.429. The number of carbonyl (C=O) groups excluding carboxylic acids is 2. The molecule has 4 nitrogen and oxygen atoms in total. The molecule has 1 aromatic carbocycles. The zero-order valence-electron chi connectivity index (χ0n) is 10.7. The van der Waals surface area contributed by atoms with E-state index in [1.54, 1.807) is 6.07 Å². The van der Waals surface area contributed by atoms with Crippen LogP contribution in [0.5, 0.6) is 0 Å². The van der Waals surface area contributed by atoms with Crippen molar-refractivity contribution in [2.24, 2.45) is 0 Å². The van der Waals surface area contributed by atoms with Crippen LogP contribution < -0.4 is 5.32 Å². The minimum absolute atomic E-state index is 0.114. The molecule has 0 bridgehead atoms. The number of piperidine rings is 1. The number of amides is 2. The predicted molar refractivity (Wildman–Crippen MR) is 76.9 cm³/mol. The van der Waals surface area contributed by atoms with E-state index in [1.165, 1.54) is 0 Å². The molecule has 0 spiro atoms. The van der Waals surface area contributed by atoms with Crippen LogP contribution in [-0.4, -0.2) is 36.3 Å². The number of nitrogens with zero attached hydrogens (tertiary/aromatic N) is 1. The first kappa shape index (κ1) is 14.1. The highest BCUT2D eigenvalue weighted by molar-refractivity contribution is 9.10. The monoisotopic (exact) mass is 324 g/mol. The third kappa shape index (κ3) is 3.80. The summed E-state index contributed by atoms with van der Waals surface area (Å²) in [4.78, 5) is 25.4. The van der Waals surface area contributed by atoms with Gasteiger partial charge in [-0.3, -0.25) is 9.59 Å². The van der Waals surface area contributed by atoms with Gasteiger partial charge in [-0.25, -0.2) is 0 Å². The number of benzene rings is 1. The van der Waals surface area contributed by atoms with Crippen LogP contribution in [0.1, 0.15) is 29.6 Å². The van der Waals surface area contributed by atoms with Crippen molar-refractivity contribution >= 4 is 27.7 Å². The maximum atomic E-state index is 11.9. The highest BCUT2D eigenvalue weighted by atomic mass is 79.9. The average molecular weight is 325 g/mol. The standard InChI is InChI=1S/C14H17BrN2O2/c15-12-6-2-1-5-11(12)14(19)16-8-10-17-9-4-3-7-13(17)18/h1-2,5-6H,3-4,7-10H2,(H,16,19). The molecule has 5 heteroatoms. The molecule has 0 aliphatic carbocycles. The Labute approximate surface area is 121 Å². The first-order valence-corrected chi connectivity index (χ1v) is 7.28. The van der Waals surface area contributed by atoms with Crippen molar-refractivity contribution in [3.8, 4) is 0 Å². The fourth-order valence-corrected chi connectivity index (χ4v) is 2.61. The number of halogens is 1. The lowest BCUT2D eigenvalue weighted by Crippen LogP contribution is -2.41. The number of hydrogen-bond acceptors (Lipinski definition) is 2. The molecule has 102 valence electrons. The van der Waals surface area contributed by atoms with Gasteiger partial charge in [-0.1, -0.05) is 12.1 Å². The third-order valence-corrected chi connectivity index (χ3v) is 3.90. The van der Waals surface area contributed by atoms with Gasteiger partial charge in [0.1, 0.15) is 0 Å². The Morgan fingerprint density at radius 2 is 2.11 bits per heavy atom. The van der Waals surface area contributed by atoms with E-state index in [4.69, 9.17) is 0 Å². The number of likely N-dealkylation sites (tertiary alicyclic amines) is 1. The number of carbonyl (C=O) groups is 2. The van der Waals surface area contributed by atoms with Crippen molar-refractivity contribution in [3.63, 3.8) is 0 Å². The normalized spacial score (nSPS) is 15.4. The van der Waals surface area contributed by atoms with Crippen LogP contribution in [0, 0.1) is 0 Å². The molecule has 2 amide bonds. The molecule has 1 saturated heterocycles. The second-order valence-electron chi connectivity index (χ2n) is 4.57. The maximum absolute atomic E-state index is 11.9. The first-order valence-electron chi connectivity index (χ1n) is 6.49. The second kappa shape index (κ2) is 6.70. The smallest absolute Gasteiger partial charge is 0.252 e.